The van der Waals surface area contributed by atoms with Gasteiger partial charge in [0.15, 0.2) is 0 Å². The molecule has 2 saturated heterocycles. The predicted octanol–water partition coefficient (Wildman–Crippen LogP) is 4.54. The number of amides is 1. The maximum atomic E-state index is 13.0. The van der Waals surface area contributed by atoms with Crippen molar-refractivity contribution in [2.45, 2.75) is 56.1 Å². The largest absolute Gasteiger partial charge is 0.467 e. The molecule has 9 heteroatoms. The molecule has 0 bridgehead atoms. The van der Waals surface area contributed by atoms with Crippen LogP contribution in [0, 0.1) is 0 Å². The van der Waals surface area contributed by atoms with Crippen molar-refractivity contribution in [1.29, 1.82) is 0 Å². The number of carbonyl (C=O) groups excluding carboxylic acids is 1. The fourth-order valence-electron chi connectivity index (χ4n) is 4.74. The number of sulfonamides is 1. The van der Waals surface area contributed by atoms with Gasteiger partial charge in [0.05, 0.1) is 15.1 Å². The Labute approximate surface area is 204 Å². The minimum atomic E-state index is -3.54. The number of ether oxygens (including phenoxy) is 1. The number of hydrogen-bond donors (Lipinski definition) is 0. The molecule has 0 saturated carbocycles. The highest BCUT2D eigenvalue weighted by atomic mass is 32.2. The quantitative estimate of drug-likeness (QED) is 0.515. The van der Waals surface area contributed by atoms with Crippen molar-refractivity contribution in [3.8, 4) is 5.19 Å². The number of likely N-dealkylation sites (tertiary alicyclic amines) is 1. The van der Waals surface area contributed by atoms with E-state index < -0.39 is 10.0 Å². The number of piperidine rings is 2. The van der Waals surface area contributed by atoms with Gasteiger partial charge in [-0.1, -0.05) is 29.9 Å². The number of carbonyl (C=O) groups is 1. The van der Waals surface area contributed by atoms with Gasteiger partial charge in [-0.25, -0.2) is 13.4 Å². The Kier molecular flexibility index (Phi) is 6.59. The third kappa shape index (κ3) is 4.69. The van der Waals surface area contributed by atoms with Gasteiger partial charge in [0.1, 0.15) is 6.10 Å². The summed E-state index contributed by atoms with van der Waals surface area (Å²) in [5.74, 6) is -0.0753. The van der Waals surface area contributed by atoms with Crippen molar-refractivity contribution in [2.75, 3.05) is 19.6 Å². The zero-order chi connectivity index (χ0) is 23.7. The second kappa shape index (κ2) is 9.64. The number of hydrogen-bond acceptors (Lipinski definition) is 6. The van der Waals surface area contributed by atoms with E-state index in [0.29, 0.717) is 30.4 Å². The lowest BCUT2D eigenvalue weighted by Crippen LogP contribution is -2.42. The van der Waals surface area contributed by atoms with Gasteiger partial charge in [0, 0.05) is 44.1 Å². The molecule has 1 atom stereocenters. The second-order valence-electron chi connectivity index (χ2n) is 9.04. The maximum Gasteiger partial charge on any atom is 0.274 e. The summed E-state index contributed by atoms with van der Waals surface area (Å²) < 4.78 is 34.9. The number of rotatable bonds is 5. The van der Waals surface area contributed by atoms with Crippen LogP contribution in [0.3, 0.4) is 0 Å². The van der Waals surface area contributed by atoms with Gasteiger partial charge in [-0.3, -0.25) is 4.79 Å². The molecule has 2 aromatic carbocycles. The Morgan fingerprint density at radius 2 is 1.74 bits per heavy atom. The maximum absolute atomic E-state index is 13.0. The van der Waals surface area contributed by atoms with Crippen molar-refractivity contribution in [2.24, 2.45) is 0 Å². The molecule has 3 aromatic rings. The summed E-state index contributed by atoms with van der Waals surface area (Å²) >= 11 is 1.54. The highest BCUT2D eigenvalue weighted by Gasteiger charge is 2.31. The number of thiazole rings is 1. The van der Waals surface area contributed by atoms with Crippen LogP contribution in [0.5, 0.6) is 5.19 Å². The van der Waals surface area contributed by atoms with Gasteiger partial charge in [-0.2, -0.15) is 4.31 Å². The molecule has 180 valence electrons. The molecule has 1 aromatic heterocycles. The summed E-state index contributed by atoms with van der Waals surface area (Å²) in [7, 11) is -3.54. The fourth-order valence-corrected chi connectivity index (χ4v) is 7.32. The molecule has 2 fully saturated rings. The molecule has 2 aliphatic heterocycles. The van der Waals surface area contributed by atoms with E-state index in [1.165, 1.54) is 0 Å². The van der Waals surface area contributed by atoms with Gasteiger partial charge in [-0.05, 0) is 56.2 Å². The Hall–Kier alpha value is -2.49. The molecule has 0 spiro atoms. The lowest BCUT2D eigenvalue weighted by Gasteiger charge is -2.32. The minimum Gasteiger partial charge on any atom is -0.467 e. The lowest BCUT2D eigenvalue weighted by atomic mass is 10.1. The molecule has 7 nitrogen and oxygen atoms in total. The van der Waals surface area contributed by atoms with E-state index in [9.17, 15) is 13.2 Å². The van der Waals surface area contributed by atoms with E-state index >= 15 is 0 Å². The van der Waals surface area contributed by atoms with Gasteiger partial charge < -0.3 is 9.64 Å². The van der Waals surface area contributed by atoms with Crippen LogP contribution in [0.2, 0.25) is 0 Å². The third-order valence-electron chi connectivity index (χ3n) is 6.72. The van der Waals surface area contributed by atoms with E-state index in [2.05, 4.69) is 4.98 Å². The van der Waals surface area contributed by atoms with Crippen LogP contribution in [-0.4, -0.2) is 60.3 Å². The first-order valence-corrected chi connectivity index (χ1v) is 14.1. The number of para-hydroxylation sites is 1. The summed E-state index contributed by atoms with van der Waals surface area (Å²) in [5.41, 5.74) is 1.45. The summed E-state index contributed by atoms with van der Waals surface area (Å²) in [6, 6.07) is 14.4. The van der Waals surface area contributed by atoms with Gasteiger partial charge in [-0.15, -0.1) is 0 Å². The smallest absolute Gasteiger partial charge is 0.274 e. The van der Waals surface area contributed by atoms with Crippen LogP contribution >= 0.6 is 11.3 Å². The number of benzene rings is 2. The zero-order valence-corrected chi connectivity index (χ0v) is 20.9. The van der Waals surface area contributed by atoms with Gasteiger partial charge in [0.2, 0.25) is 10.0 Å². The average Bonchev–Trinajstić information content (AvgIpc) is 3.26. The van der Waals surface area contributed by atoms with Crippen molar-refractivity contribution < 1.29 is 17.9 Å². The molecule has 1 unspecified atom stereocenters. The molecule has 34 heavy (non-hydrogen) atoms. The average molecular weight is 500 g/mol. The molecule has 3 heterocycles. The zero-order valence-electron chi connectivity index (χ0n) is 19.2. The van der Waals surface area contributed by atoms with Crippen LogP contribution < -0.4 is 4.74 Å². The summed E-state index contributed by atoms with van der Waals surface area (Å²) in [6.07, 6.45) is 4.33. The van der Waals surface area contributed by atoms with E-state index in [4.69, 9.17) is 4.74 Å². The van der Waals surface area contributed by atoms with Gasteiger partial charge in [0.25, 0.3) is 11.1 Å². The van der Waals surface area contributed by atoms with Crippen LogP contribution in [-0.2, 0) is 10.0 Å². The topological polar surface area (TPSA) is 79.8 Å². The van der Waals surface area contributed by atoms with E-state index in [1.54, 1.807) is 39.9 Å². The molecular weight excluding hydrogens is 470 g/mol. The lowest BCUT2D eigenvalue weighted by molar-refractivity contribution is 0.0595. The number of nitrogens with zero attached hydrogens (tertiary/aromatic N) is 3. The van der Waals surface area contributed by atoms with Crippen molar-refractivity contribution in [3.63, 3.8) is 0 Å². The molecule has 0 radical (unpaired) electrons. The van der Waals surface area contributed by atoms with E-state index in [0.717, 1.165) is 42.3 Å². The Morgan fingerprint density at radius 1 is 1.00 bits per heavy atom. The van der Waals surface area contributed by atoms with Crippen LogP contribution in [0.25, 0.3) is 10.2 Å². The number of aromatic nitrogens is 1. The normalized spacial score (nSPS) is 20.5. The number of fused-ring (bicyclic) bond motifs is 1. The molecule has 1 amide bonds. The first kappa shape index (κ1) is 23.3. The molecular formula is C25H29N3O4S2. The highest BCUT2D eigenvalue weighted by Crippen LogP contribution is 2.30. The first-order valence-electron chi connectivity index (χ1n) is 11.9. The first-order chi connectivity index (χ1) is 16.4. The predicted molar refractivity (Wildman–Crippen MR) is 133 cm³/mol. The molecule has 2 aliphatic rings. The third-order valence-corrected chi connectivity index (χ3v) is 9.68. The van der Waals surface area contributed by atoms with Crippen LogP contribution in [0.15, 0.2) is 53.4 Å². The summed E-state index contributed by atoms with van der Waals surface area (Å²) in [5, 5.41) is 0.672. The molecule has 5 rings (SSSR count). The Balaban J connectivity index is 1.19. The summed E-state index contributed by atoms with van der Waals surface area (Å²) in [4.78, 5) is 19.6. The van der Waals surface area contributed by atoms with Gasteiger partial charge >= 0.3 is 0 Å². The Bertz CT molecular complexity index is 1230. The van der Waals surface area contributed by atoms with Crippen molar-refractivity contribution in [3.05, 3.63) is 54.1 Å². The Morgan fingerprint density at radius 3 is 2.44 bits per heavy atom. The fraction of sp³-hybridized carbons (Fsp3) is 0.440. The second-order valence-corrected chi connectivity index (χ2v) is 11.9. The summed E-state index contributed by atoms with van der Waals surface area (Å²) in [6.45, 7) is 3.70. The molecule has 0 aliphatic carbocycles. The minimum absolute atomic E-state index is 0.00587. The molecule has 0 N–H and O–H groups in total. The highest BCUT2D eigenvalue weighted by molar-refractivity contribution is 7.89. The SMILES string of the molecule is CC1CCCCN1S(=O)(=O)c1ccc(C(=O)N2CCC(Oc3nc4ccccc4s3)CC2)cc1. The van der Waals surface area contributed by atoms with Crippen molar-refractivity contribution in [1.82, 2.24) is 14.2 Å². The standard InChI is InChI=1S/C25H29N3O4S2/c1-18-6-4-5-15-28(18)34(30,31)21-11-9-19(10-12-21)24(29)27-16-13-20(14-17-27)32-25-26-22-7-2-3-8-23(22)33-25/h2-3,7-12,18,20H,4-6,13-17H2,1H3. The monoisotopic (exact) mass is 499 g/mol. The van der Waals surface area contributed by atoms with Crippen molar-refractivity contribution >= 4 is 37.5 Å². The van der Waals surface area contributed by atoms with Crippen LogP contribution in [0.4, 0.5) is 0 Å². The van der Waals surface area contributed by atoms with E-state index in [1.807, 2.05) is 36.1 Å². The van der Waals surface area contributed by atoms with E-state index in [-0.39, 0.29) is 22.9 Å². The van der Waals surface area contributed by atoms with Crippen LogP contribution in [0.1, 0.15) is 49.4 Å².